The zero-order valence-corrected chi connectivity index (χ0v) is 13.3. The minimum Gasteiger partial charge on any atom is -0.466 e. The second kappa shape index (κ2) is 7.00. The molecule has 3 atom stereocenters. The first-order chi connectivity index (χ1) is 11.1. The summed E-state index contributed by atoms with van der Waals surface area (Å²) in [7, 11) is 0. The highest BCUT2D eigenvalue weighted by Crippen LogP contribution is 2.27. The van der Waals surface area contributed by atoms with E-state index in [2.05, 4.69) is 10.4 Å². The summed E-state index contributed by atoms with van der Waals surface area (Å²) in [5.41, 5.74) is 0. The van der Waals surface area contributed by atoms with E-state index >= 15 is 0 Å². The second-order valence-corrected chi connectivity index (χ2v) is 6.32. The second-order valence-electron chi connectivity index (χ2n) is 6.32. The molecule has 0 aliphatic heterocycles. The maximum Gasteiger partial charge on any atom is 0.220 e. The molecule has 23 heavy (non-hydrogen) atoms. The van der Waals surface area contributed by atoms with Crippen LogP contribution in [-0.2, 0) is 17.8 Å². The molecule has 6 nitrogen and oxygen atoms in total. The van der Waals surface area contributed by atoms with Gasteiger partial charge in [0.1, 0.15) is 11.5 Å². The van der Waals surface area contributed by atoms with Crippen molar-refractivity contribution < 1.29 is 14.3 Å². The first kappa shape index (κ1) is 15.8. The SMILES string of the molecule is Cc1ccc(CCC(=O)N[C@@H]2CC(Cn3cccn3)C[C@H]2O)o1. The van der Waals surface area contributed by atoms with Crippen LogP contribution in [0.1, 0.15) is 30.8 Å². The van der Waals surface area contributed by atoms with Crippen molar-refractivity contribution in [3.63, 3.8) is 0 Å². The standard InChI is InChI=1S/C17H23N3O3/c1-12-3-4-14(23-12)5-6-17(22)19-15-9-13(10-16(15)21)11-20-8-2-7-18-20/h2-4,7-8,13,15-16,21H,5-6,9-11H2,1H3,(H,19,22)/t13?,15-,16-/m1/s1. The van der Waals surface area contributed by atoms with Crippen molar-refractivity contribution in [2.75, 3.05) is 0 Å². The molecular formula is C17H23N3O3. The third-order valence-electron chi connectivity index (χ3n) is 4.37. The Bertz CT molecular complexity index is 635. The van der Waals surface area contributed by atoms with Crippen LogP contribution in [0, 0.1) is 12.8 Å². The number of aliphatic hydroxyl groups excluding tert-OH is 1. The first-order valence-electron chi connectivity index (χ1n) is 8.10. The van der Waals surface area contributed by atoms with Crippen molar-refractivity contribution in [2.45, 2.75) is 51.3 Å². The molecule has 1 amide bonds. The van der Waals surface area contributed by atoms with E-state index in [0.29, 0.717) is 25.2 Å². The summed E-state index contributed by atoms with van der Waals surface area (Å²) in [6.07, 6.45) is 5.63. The van der Waals surface area contributed by atoms with Crippen molar-refractivity contribution in [1.29, 1.82) is 0 Å². The van der Waals surface area contributed by atoms with Gasteiger partial charge in [0.05, 0.1) is 12.1 Å². The highest BCUT2D eigenvalue weighted by atomic mass is 16.3. The average molecular weight is 317 g/mol. The number of aliphatic hydroxyl groups is 1. The Balaban J connectivity index is 1.44. The number of nitrogens with one attached hydrogen (secondary N) is 1. The van der Waals surface area contributed by atoms with Gasteiger partial charge in [0, 0.05) is 31.8 Å². The van der Waals surface area contributed by atoms with E-state index in [1.807, 2.05) is 36.0 Å². The Labute approximate surface area is 135 Å². The monoisotopic (exact) mass is 317 g/mol. The molecular weight excluding hydrogens is 294 g/mol. The normalized spacial score (nSPS) is 24.0. The van der Waals surface area contributed by atoms with Gasteiger partial charge in [0.25, 0.3) is 0 Å². The average Bonchev–Trinajstić information content (AvgIpc) is 3.22. The number of furan rings is 1. The minimum atomic E-state index is -0.481. The van der Waals surface area contributed by atoms with Crippen LogP contribution in [0.5, 0.6) is 0 Å². The molecule has 2 N–H and O–H groups in total. The summed E-state index contributed by atoms with van der Waals surface area (Å²) in [6.45, 7) is 2.67. The molecule has 2 aromatic heterocycles. The molecule has 1 aliphatic rings. The van der Waals surface area contributed by atoms with E-state index in [-0.39, 0.29) is 11.9 Å². The van der Waals surface area contributed by atoms with Gasteiger partial charge in [-0.1, -0.05) is 0 Å². The lowest BCUT2D eigenvalue weighted by atomic mass is 10.1. The fraction of sp³-hybridized carbons (Fsp3) is 0.529. The van der Waals surface area contributed by atoms with E-state index < -0.39 is 6.10 Å². The number of nitrogens with zero attached hydrogens (tertiary/aromatic N) is 2. The quantitative estimate of drug-likeness (QED) is 0.849. The van der Waals surface area contributed by atoms with Crippen LogP contribution in [0.25, 0.3) is 0 Å². The fourth-order valence-electron chi connectivity index (χ4n) is 3.23. The van der Waals surface area contributed by atoms with E-state index in [1.165, 1.54) is 0 Å². The number of aryl methyl sites for hydroxylation is 2. The molecule has 124 valence electrons. The lowest BCUT2D eigenvalue weighted by Gasteiger charge is -2.16. The van der Waals surface area contributed by atoms with Crippen LogP contribution in [0.2, 0.25) is 0 Å². The van der Waals surface area contributed by atoms with E-state index in [0.717, 1.165) is 24.5 Å². The molecule has 0 radical (unpaired) electrons. The molecule has 6 heteroatoms. The molecule has 3 rings (SSSR count). The largest absolute Gasteiger partial charge is 0.466 e. The molecule has 0 aromatic carbocycles. The third kappa shape index (κ3) is 4.22. The van der Waals surface area contributed by atoms with Gasteiger partial charge in [0.2, 0.25) is 5.91 Å². The van der Waals surface area contributed by atoms with Gasteiger partial charge in [-0.25, -0.2) is 0 Å². The fourth-order valence-corrected chi connectivity index (χ4v) is 3.23. The zero-order chi connectivity index (χ0) is 16.2. The Kier molecular flexibility index (Phi) is 4.81. The number of hydrogen-bond donors (Lipinski definition) is 2. The Morgan fingerprint density at radius 1 is 1.48 bits per heavy atom. The predicted molar refractivity (Wildman–Crippen MR) is 84.7 cm³/mol. The van der Waals surface area contributed by atoms with Crippen molar-refractivity contribution in [3.05, 3.63) is 42.1 Å². The number of carbonyl (C=O) groups is 1. The van der Waals surface area contributed by atoms with Gasteiger partial charge in [-0.05, 0) is 43.9 Å². The van der Waals surface area contributed by atoms with Crippen LogP contribution in [0.4, 0.5) is 0 Å². The number of carbonyl (C=O) groups excluding carboxylic acids is 1. The minimum absolute atomic E-state index is 0.0390. The first-order valence-corrected chi connectivity index (χ1v) is 8.10. The van der Waals surface area contributed by atoms with Crippen molar-refractivity contribution >= 4 is 5.91 Å². The zero-order valence-electron chi connectivity index (χ0n) is 13.3. The predicted octanol–water partition coefficient (Wildman–Crippen LogP) is 1.67. The maximum absolute atomic E-state index is 12.1. The van der Waals surface area contributed by atoms with Crippen LogP contribution in [0.3, 0.4) is 0 Å². The van der Waals surface area contributed by atoms with Crippen LogP contribution in [0.15, 0.2) is 35.0 Å². The van der Waals surface area contributed by atoms with Gasteiger partial charge >= 0.3 is 0 Å². The number of rotatable bonds is 6. The Hall–Kier alpha value is -2.08. The molecule has 1 unspecified atom stereocenters. The summed E-state index contributed by atoms with van der Waals surface area (Å²) >= 11 is 0. The summed E-state index contributed by atoms with van der Waals surface area (Å²) < 4.78 is 7.34. The summed E-state index contributed by atoms with van der Waals surface area (Å²) in [5, 5.41) is 17.3. The van der Waals surface area contributed by atoms with Gasteiger partial charge in [-0.2, -0.15) is 5.10 Å². The van der Waals surface area contributed by atoms with E-state index in [4.69, 9.17) is 4.42 Å². The molecule has 0 saturated heterocycles. The van der Waals surface area contributed by atoms with Crippen molar-refractivity contribution in [3.8, 4) is 0 Å². The summed E-state index contributed by atoms with van der Waals surface area (Å²) in [5.74, 6) is 1.97. The molecule has 0 spiro atoms. The lowest BCUT2D eigenvalue weighted by molar-refractivity contribution is -0.122. The molecule has 0 bridgehead atoms. The summed E-state index contributed by atoms with van der Waals surface area (Å²) in [6, 6.07) is 5.52. The Morgan fingerprint density at radius 3 is 3.04 bits per heavy atom. The van der Waals surface area contributed by atoms with E-state index in [9.17, 15) is 9.90 Å². The molecule has 2 heterocycles. The van der Waals surface area contributed by atoms with E-state index in [1.54, 1.807) is 6.20 Å². The molecule has 1 saturated carbocycles. The number of amides is 1. The van der Waals surface area contributed by atoms with Crippen LogP contribution in [-0.4, -0.2) is 32.9 Å². The topological polar surface area (TPSA) is 80.3 Å². The smallest absolute Gasteiger partial charge is 0.220 e. The van der Waals surface area contributed by atoms with Crippen molar-refractivity contribution in [2.24, 2.45) is 5.92 Å². The maximum atomic E-state index is 12.1. The Morgan fingerprint density at radius 2 is 2.35 bits per heavy atom. The molecule has 1 fully saturated rings. The number of aromatic nitrogens is 2. The van der Waals surface area contributed by atoms with Gasteiger partial charge in [-0.15, -0.1) is 0 Å². The highest BCUT2D eigenvalue weighted by molar-refractivity contribution is 5.76. The van der Waals surface area contributed by atoms with Gasteiger partial charge in [-0.3, -0.25) is 9.48 Å². The van der Waals surface area contributed by atoms with Crippen LogP contribution < -0.4 is 5.32 Å². The lowest BCUT2D eigenvalue weighted by Crippen LogP contribution is -2.40. The summed E-state index contributed by atoms with van der Waals surface area (Å²) in [4.78, 5) is 12.1. The van der Waals surface area contributed by atoms with Crippen molar-refractivity contribution in [1.82, 2.24) is 15.1 Å². The molecule has 2 aromatic rings. The van der Waals surface area contributed by atoms with Crippen LogP contribution >= 0.6 is 0 Å². The van der Waals surface area contributed by atoms with Gasteiger partial charge in [0.15, 0.2) is 0 Å². The third-order valence-corrected chi connectivity index (χ3v) is 4.37. The van der Waals surface area contributed by atoms with Gasteiger partial charge < -0.3 is 14.8 Å². The molecule has 1 aliphatic carbocycles. The highest BCUT2D eigenvalue weighted by Gasteiger charge is 2.34. The number of hydrogen-bond acceptors (Lipinski definition) is 4.